The van der Waals surface area contributed by atoms with Crippen LogP contribution in [0.4, 0.5) is 0 Å². The van der Waals surface area contributed by atoms with Crippen molar-refractivity contribution in [1.82, 2.24) is 10.3 Å². The number of carbonyl (C=O) groups is 1. The number of nitrogens with one attached hydrogen (secondary N) is 1. The Morgan fingerprint density at radius 3 is 2.85 bits per heavy atom. The second kappa shape index (κ2) is 8.02. The van der Waals surface area contributed by atoms with Crippen molar-refractivity contribution in [2.75, 3.05) is 12.3 Å². The van der Waals surface area contributed by atoms with E-state index in [1.807, 2.05) is 0 Å². The number of sulfone groups is 1. The first-order chi connectivity index (χ1) is 9.51. The zero-order chi connectivity index (χ0) is 15.0. The van der Waals surface area contributed by atoms with Crippen molar-refractivity contribution in [2.45, 2.75) is 37.4 Å². The first-order valence-corrected chi connectivity index (χ1v) is 8.84. The molecule has 1 aromatic heterocycles. The molecule has 20 heavy (non-hydrogen) atoms. The van der Waals surface area contributed by atoms with E-state index in [2.05, 4.69) is 22.1 Å². The fourth-order valence-corrected chi connectivity index (χ4v) is 3.54. The molecule has 0 atom stereocenters. The summed E-state index contributed by atoms with van der Waals surface area (Å²) in [7, 11) is -3.33. The van der Waals surface area contributed by atoms with E-state index in [1.54, 1.807) is 13.8 Å². The maximum Gasteiger partial charge on any atom is 0.263 e. The molecule has 0 aromatic carbocycles. The number of thiazole rings is 1. The fourth-order valence-electron chi connectivity index (χ4n) is 1.38. The van der Waals surface area contributed by atoms with Gasteiger partial charge in [0.05, 0.1) is 11.9 Å². The molecule has 1 aromatic rings. The zero-order valence-electron chi connectivity index (χ0n) is 11.6. The largest absolute Gasteiger partial charge is 0.351 e. The van der Waals surface area contributed by atoms with Gasteiger partial charge in [0.25, 0.3) is 5.91 Å². The standard InChI is InChI=1S/C13H18N2O3S2/c1-3-5-6-7-8-9-14-12(16)11-10-15-13(19-11)20(17,18)4-2/h10H,4,6-9H2,1-2H3,(H,14,16). The summed E-state index contributed by atoms with van der Waals surface area (Å²) in [5.74, 6) is 5.48. The van der Waals surface area contributed by atoms with E-state index in [-0.39, 0.29) is 16.0 Å². The lowest BCUT2D eigenvalue weighted by molar-refractivity contribution is 0.0957. The molecule has 7 heteroatoms. The van der Waals surface area contributed by atoms with Crippen LogP contribution in [0.15, 0.2) is 10.5 Å². The van der Waals surface area contributed by atoms with Crippen molar-refractivity contribution in [2.24, 2.45) is 0 Å². The SMILES string of the molecule is CC#CCCCCNC(=O)c1cnc(S(=O)(=O)CC)s1. The summed E-state index contributed by atoms with van der Waals surface area (Å²) in [5, 5.41) is 2.75. The molecule has 1 amide bonds. The highest BCUT2D eigenvalue weighted by atomic mass is 32.2. The molecule has 0 aliphatic rings. The molecule has 1 rings (SSSR count). The Bertz CT molecular complexity index is 609. The van der Waals surface area contributed by atoms with Crippen molar-refractivity contribution >= 4 is 27.1 Å². The van der Waals surface area contributed by atoms with Crippen LogP contribution in [0.5, 0.6) is 0 Å². The third-order valence-corrected chi connectivity index (χ3v) is 5.75. The molecule has 0 unspecified atom stereocenters. The molecule has 0 bridgehead atoms. The van der Waals surface area contributed by atoms with Crippen LogP contribution in [0.1, 0.15) is 42.8 Å². The summed E-state index contributed by atoms with van der Waals surface area (Å²) in [6.07, 6.45) is 3.91. The minimum atomic E-state index is -3.33. The molecule has 0 fully saturated rings. The minimum Gasteiger partial charge on any atom is -0.351 e. The highest BCUT2D eigenvalue weighted by Gasteiger charge is 2.18. The van der Waals surface area contributed by atoms with Crippen LogP contribution in [0, 0.1) is 11.8 Å². The number of amides is 1. The van der Waals surface area contributed by atoms with Gasteiger partial charge in [0.15, 0.2) is 0 Å². The molecule has 1 N–H and O–H groups in total. The molecule has 1 heterocycles. The van der Waals surface area contributed by atoms with Crippen molar-refractivity contribution in [1.29, 1.82) is 0 Å². The smallest absolute Gasteiger partial charge is 0.263 e. The van der Waals surface area contributed by atoms with Gasteiger partial charge in [0.1, 0.15) is 4.88 Å². The lowest BCUT2D eigenvalue weighted by Crippen LogP contribution is -2.23. The lowest BCUT2D eigenvalue weighted by atomic mass is 10.2. The zero-order valence-corrected chi connectivity index (χ0v) is 13.2. The van der Waals surface area contributed by atoms with Crippen LogP contribution in [-0.2, 0) is 9.84 Å². The van der Waals surface area contributed by atoms with Crippen LogP contribution in [0.25, 0.3) is 0 Å². The Balaban J connectivity index is 2.46. The number of hydrogen-bond donors (Lipinski definition) is 1. The van der Waals surface area contributed by atoms with Gasteiger partial charge in [-0.25, -0.2) is 13.4 Å². The van der Waals surface area contributed by atoms with Gasteiger partial charge in [-0.2, -0.15) is 0 Å². The second-order valence-corrected chi connectivity index (χ2v) is 7.52. The van der Waals surface area contributed by atoms with E-state index < -0.39 is 9.84 Å². The van der Waals surface area contributed by atoms with Crippen LogP contribution in [-0.4, -0.2) is 31.6 Å². The normalized spacial score (nSPS) is 10.7. The molecule has 0 saturated heterocycles. The highest BCUT2D eigenvalue weighted by Crippen LogP contribution is 2.19. The minimum absolute atomic E-state index is 0.00312. The van der Waals surface area contributed by atoms with E-state index >= 15 is 0 Å². The summed E-state index contributed by atoms with van der Waals surface area (Å²) in [6.45, 7) is 3.90. The van der Waals surface area contributed by atoms with Crippen molar-refractivity contribution in [3.8, 4) is 11.8 Å². The Morgan fingerprint density at radius 2 is 2.20 bits per heavy atom. The van der Waals surface area contributed by atoms with Crippen LogP contribution < -0.4 is 5.32 Å². The molecular weight excluding hydrogens is 296 g/mol. The molecule has 110 valence electrons. The van der Waals surface area contributed by atoms with E-state index in [9.17, 15) is 13.2 Å². The topological polar surface area (TPSA) is 76.1 Å². The summed E-state index contributed by atoms with van der Waals surface area (Å²) in [4.78, 5) is 15.9. The van der Waals surface area contributed by atoms with Gasteiger partial charge in [-0.15, -0.1) is 11.8 Å². The van der Waals surface area contributed by atoms with Gasteiger partial charge in [-0.05, 0) is 19.8 Å². The first kappa shape index (κ1) is 16.7. The van der Waals surface area contributed by atoms with Gasteiger partial charge in [-0.3, -0.25) is 4.79 Å². The lowest BCUT2D eigenvalue weighted by Gasteiger charge is -2.01. The number of unbranched alkanes of at least 4 members (excludes halogenated alkanes) is 2. The molecule has 5 nitrogen and oxygen atoms in total. The third kappa shape index (κ3) is 4.94. The van der Waals surface area contributed by atoms with Gasteiger partial charge in [0, 0.05) is 13.0 Å². The van der Waals surface area contributed by atoms with Crippen molar-refractivity contribution in [3.05, 3.63) is 11.1 Å². The Hall–Kier alpha value is -1.39. The van der Waals surface area contributed by atoms with Gasteiger partial charge in [-0.1, -0.05) is 18.3 Å². The second-order valence-electron chi connectivity index (χ2n) is 4.03. The molecule has 0 aliphatic carbocycles. The third-order valence-electron chi connectivity index (χ3n) is 2.55. The van der Waals surface area contributed by atoms with Crippen LogP contribution in [0.2, 0.25) is 0 Å². The van der Waals surface area contributed by atoms with Gasteiger partial charge < -0.3 is 5.32 Å². The van der Waals surface area contributed by atoms with E-state index in [0.29, 0.717) is 11.4 Å². The first-order valence-electron chi connectivity index (χ1n) is 6.37. The average Bonchev–Trinajstić information content (AvgIpc) is 2.93. The number of nitrogens with zero attached hydrogens (tertiary/aromatic N) is 1. The fraction of sp³-hybridized carbons (Fsp3) is 0.538. The molecule has 0 radical (unpaired) electrons. The number of hydrogen-bond acceptors (Lipinski definition) is 5. The monoisotopic (exact) mass is 314 g/mol. The quantitative estimate of drug-likeness (QED) is 0.615. The Kier molecular flexibility index (Phi) is 6.68. The Morgan fingerprint density at radius 1 is 1.45 bits per heavy atom. The van der Waals surface area contributed by atoms with Gasteiger partial charge >= 0.3 is 0 Å². The van der Waals surface area contributed by atoms with E-state index in [4.69, 9.17) is 0 Å². The summed E-state index contributed by atoms with van der Waals surface area (Å²) in [6, 6.07) is 0. The summed E-state index contributed by atoms with van der Waals surface area (Å²) < 4.78 is 23.2. The predicted molar refractivity (Wildman–Crippen MR) is 79.5 cm³/mol. The van der Waals surface area contributed by atoms with Crippen molar-refractivity contribution < 1.29 is 13.2 Å². The molecule has 0 spiro atoms. The van der Waals surface area contributed by atoms with Crippen LogP contribution >= 0.6 is 11.3 Å². The average molecular weight is 314 g/mol. The van der Waals surface area contributed by atoms with E-state index in [0.717, 1.165) is 30.6 Å². The van der Waals surface area contributed by atoms with E-state index in [1.165, 1.54) is 6.20 Å². The van der Waals surface area contributed by atoms with Crippen molar-refractivity contribution in [3.63, 3.8) is 0 Å². The van der Waals surface area contributed by atoms with Crippen LogP contribution in [0.3, 0.4) is 0 Å². The Labute approximate surface area is 123 Å². The molecular formula is C13H18N2O3S2. The maximum atomic E-state index is 11.8. The molecule has 0 saturated carbocycles. The molecule has 0 aliphatic heterocycles. The summed E-state index contributed by atoms with van der Waals surface area (Å²) >= 11 is 0.911. The van der Waals surface area contributed by atoms with Gasteiger partial charge in [0.2, 0.25) is 14.2 Å². The highest BCUT2D eigenvalue weighted by molar-refractivity contribution is 7.93. The maximum absolute atomic E-state index is 11.8. The predicted octanol–water partition coefficient (Wildman–Crippen LogP) is 1.86. The number of carbonyl (C=O) groups excluding carboxylic acids is 1. The summed E-state index contributed by atoms with van der Waals surface area (Å²) in [5.41, 5.74) is 0. The number of aromatic nitrogens is 1. The number of rotatable bonds is 7.